The molecule has 1 atom stereocenters. The van der Waals surface area contributed by atoms with Crippen LogP contribution < -0.4 is 14.8 Å². The van der Waals surface area contributed by atoms with Crippen LogP contribution in [0.1, 0.15) is 24.1 Å². The van der Waals surface area contributed by atoms with Crippen LogP contribution in [0.5, 0.6) is 11.5 Å². The molecule has 27 heavy (non-hydrogen) atoms. The maximum Gasteiger partial charge on any atom is 0.270 e. The lowest BCUT2D eigenvalue weighted by Crippen LogP contribution is -2.08. The number of anilines is 1. The molecule has 0 fully saturated rings. The number of nitro groups is 1. The molecule has 8 heteroatoms. The fraction of sp³-hybridized carbons (Fsp3) is 0.158. The standard InChI is InChI=1S/C19H14N4O4/c1-11(12-2-5-17-18(6-12)27-10-26-17)21-19-7-13(9-20)15-8-14(23(24)25)3-4-16(15)22-19/h2-8,11H,10H2,1H3,(H,21,22). The first kappa shape index (κ1) is 16.6. The van der Waals surface area contributed by atoms with Gasteiger partial charge in [-0.25, -0.2) is 4.98 Å². The molecule has 1 aliphatic heterocycles. The van der Waals surface area contributed by atoms with Crippen molar-refractivity contribution in [3.05, 3.63) is 63.7 Å². The van der Waals surface area contributed by atoms with E-state index in [4.69, 9.17) is 9.47 Å². The first-order valence-electron chi connectivity index (χ1n) is 8.20. The van der Waals surface area contributed by atoms with Crippen molar-refractivity contribution in [2.75, 3.05) is 12.1 Å². The summed E-state index contributed by atoms with van der Waals surface area (Å²) in [5, 5.41) is 24.1. The minimum atomic E-state index is -0.492. The average Bonchev–Trinajstić information content (AvgIpc) is 3.14. The first-order valence-corrected chi connectivity index (χ1v) is 8.20. The molecule has 2 aromatic carbocycles. The third-order valence-corrected chi connectivity index (χ3v) is 4.38. The molecule has 0 aliphatic carbocycles. The molecule has 1 aliphatic rings. The van der Waals surface area contributed by atoms with Crippen LogP contribution in [0, 0.1) is 21.4 Å². The van der Waals surface area contributed by atoms with Crippen LogP contribution in [0.2, 0.25) is 0 Å². The summed E-state index contributed by atoms with van der Waals surface area (Å²) in [6.45, 7) is 2.18. The predicted octanol–water partition coefficient (Wildman–Crippen LogP) is 3.92. The minimum absolute atomic E-state index is 0.0739. The van der Waals surface area contributed by atoms with Crippen molar-refractivity contribution in [3.8, 4) is 17.6 Å². The Bertz CT molecular complexity index is 1110. The molecule has 8 nitrogen and oxygen atoms in total. The second-order valence-electron chi connectivity index (χ2n) is 6.10. The zero-order valence-corrected chi connectivity index (χ0v) is 14.3. The van der Waals surface area contributed by atoms with Crippen molar-refractivity contribution >= 4 is 22.4 Å². The molecule has 0 saturated carbocycles. The Kier molecular flexibility index (Phi) is 3.97. The first-order chi connectivity index (χ1) is 13.0. The van der Waals surface area contributed by atoms with Crippen molar-refractivity contribution < 1.29 is 14.4 Å². The number of non-ortho nitro benzene ring substituents is 1. The highest BCUT2D eigenvalue weighted by Gasteiger charge is 2.17. The molecule has 0 radical (unpaired) electrons. The molecule has 0 amide bonds. The SMILES string of the molecule is CC(Nc1cc(C#N)c2cc([N+](=O)[O-])ccc2n1)c1ccc2c(c1)OCO2. The number of nitrogens with zero attached hydrogens (tertiary/aromatic N) is 3. The number of nitro benzene ring substituents is 1. The smallest absolute Gasteiger partial charge is 0.270 e. The van der Waals surface area contributed by atoms with Gasteiger partial charge in [-0.1, -0.05) is 6.07 Å². The number of nitrogens with one attached hydrogen (secondary N) is 1. The van der Waals surface area contributed by atoms with E-state index in [0.29, 0.717) is 33.8 Å². The van der Waals surface area contributed by atoms with E-state index in [9.17, 15) is 15.4 Å². The fourth-order valence-corrected chi connectivity index (χ4v) is 2.98. The van der Waals surface area contributed by atoms with Gasteiger partial charge >= 0.3 is 0 Å². The molecular formula is C19H14N4O4. The Morgan fingerprint density at radius 1 is 1.22 bits per heavy atom. The van der Waals surface area contributed by atoms with E-state index in [1.165, 1.54) is 12.1 Å². The van der Waals surface area contributed by atoms with Gasteiger partial charge in [0.2, 0.25) is 6.79 Å². The normalized spacial score (nSPS) is 13.2. The van der Waals surface area contributed by atoms with Crippen LogP contribution in [0.4, 0.5) is 11.5 Å². The Morgan fingerprint density at radius 3 is 2.81 bits per heavy atom. The van der Waals surface area contributed by atoms with Crippen LogP contribution in [-0.4, -0.2) is 16.7 Å². The van der Waals surface area contributed by atoms with Gasteiger partial charge in [-0.2, -0.15) is 5.26 Å². The van der Waals surface area contributed by atoms with Crippen LogP contribution in [0.25, 0.3) is 10.9 Å². The zero-order valence-electron chi connectivity index (χ0n) is 14.3. The molecule has 1 unspecified atom stereocenters. The number of hydrogen-bond donors (Lipinski definition) is 1. The van der Waals surface area contributed by atoms with E-state index < -0.39 is 4.92 Å². The number of benzene rings is 2. The van der Waals surface area contributed by atoms with Gasteiger partial charge in [0.05, 0.1) is 28.1 Å². The van der Waals surface area contributed by atoms with E-state index in [0.717, 1.165) is 5.56 Å². The second-order valence-corrected chi connectivity index (χ2v) is 6.10. The van der Waals surface area contributed by atoms with E-state index in [1.54, 1.807) is 12.1 Å². The summed E-state index contributed by atoms with van der Waals surface area (Å²) in [5.41, 5.74) is 1.74. The lowest BCUT2D eigenvalue weighted by molar-refractivity contribution is -0.384. The summed E-state index contributed by atoms with van der Waals surface area (Å²) >= 11 is 0. The van der Waals surface area contributed by atoms with Gasteiger partial charge in [0, 0.05) is 17.5 Å². The number of fused-ring (bicyclic) bond motifs is 2. The van der Waals surface area contributed by atoms with Gasteiger partial charge in [-0.3, -0.25) is 10.1 Å². The molecule has 2 heterocycles. The third kappa shape index (κ3) is 3.06. The number of nitriles is 1. The van der Waals surface area contributed by atoms with E-state index in [2.05, 4.69) is 16.4 Å². The summed E-state index contributed by atoms with van der Waals surface area (Å²) in [6, 6.07) is 13.5. The van der Waals surface area contributed by atoms with Crippen molar-refractivity contribution in [2.45, 2.75) is 13.0 Å². The monoisotopic (exact) mass is 362 g/mol. The molecule has 0 spiro atoms. The Balaban J connectivity index is 1.66. The second kappa shape index (κ2) is 6.46. The van der Waals surface area contributed by atoms with Crippen molar-refractivity contribution in [3.63, 3.8) is 0 Å². The summed E-state index contributed by atoms with van der Waals surface area (Å²) < 4.78 is 10.7. The number of rotatable bonds is 4. The molecule has 0 bridgehead atoms. The molecule has 4 rings (SSSR count). The number of hydrogen-bond acceptors (Lipinski definition) is 7. The van der Waals surface area contributed by atoms with Crippen LogP contribution in [0.3, 0.4) is 0 Å². The molecule has 1 N–H and O–H groups in total. The molecule has 1 aromatic heterocycles. The Morgan fingerprint density at radius 2 is 2.04 bits per heavy atom. The molecular weight excluding hydrogens is 348 g/mol. The predicted molar refractivity (Wildman–Crippen MR) is 97.7 cm³/mol. The Hall–Kier alpha value is -3.86. The Labute approximate surface area is 154 Å². The topological polar surface area (TPSA) is 110 Å². The highest BCUT2D eigenvalue weighted by Crippen LogP contribution is 2.35. The fourth-order valence-electron chi connectivity index (χ4n) is 2.98. The van der Waals surface area contributed by atoms with E-state index in [1.807, 2.05) is 25.1 Å². The van der Waals surface area contributed by atoms with Crippen molar-refractivity contribution in [1.29, 1.82) is 5.26 Å². The van der Waals surface area contributed by atoms with Gasteiger partial charge in [0.1, 0.15) is 5.82 Å². The summed E-state index contributed by atoms with van der Waals surface area (Å²) in [5.74, 6) is 1.92. The van der Waals surface area contributed by atoms with E-state index >= 15 is 0 Å². The summed E-state index contributed by atoms with van der Waals surface area (Å²) in [6.07, 6.45) is 0. The van der Waals surface area contributed by atoms with Gasteiger partial charge in [-0.15, -0.1) is 0 Å². The van der Waals surface area contributed by atoms with Crippen LogP contribution >= 0.6 is 0 Å². The molecule has 0 saturated heterocycles. The average molecular weight is 362 g/mol. The summed E-state index contributed by atoms with van der Waals surface area (Å²) in [4.78, 5) is 15.0. The molecule has 3 aromatic rings. The number of ether oxygens (including phenoxy) is 2. The maximum absolute atomic E-state index is 11.0. The summed E-state index contributed by atoms with van der Waals surface area (Å²) in [7, 11) is 0. The third-order valence-electron chi connectivity index (χ3n) is 4.38. The van der Waals surface area contributed by atoms with Gasteiger partial charge < -0.3 is 14.8 Å². The highest BCUT2D eigenvalue weighted by molar-refractivity contribution is 5.88. The van der Waals surface area contributed by atoms with Crippen LogP contribution in [-0.2, 0) is 0 Å². The van der Waals surface area contributed by atoms with Crippen LogP contribution in [0.15, 0.2) is 42.5 Å². The highest BCUT2D eigenvalue weighted by atomic mass is 16.7. The minimum Gasteiger partial charge on any atom is -0.454 e. The van der Waals surface area contributed by atoms with Gasteiger partial charge in [0.15, 0.2) is 11.5 Å². The van der Waals surface area contributed by atoms with Gasteiger partial charge in [-0.05, 0) is 36.8 Å². The van der Waals surface area contributed by atoms with Crippen molar-refractivity contribution in [1.82, 2.24) is 4.98 Å². The lowest BCUT2D eigenvalue weighted by atomic mass is 10.1. The zero-order chi connectivity index (χ0) is 19.0. The lowest BCUT2D eigenvalue weighted by Gasteiger charge is -2.16. The quantitative estimate of drug-likeness (QED) is 0.553. The van der Waals surface area contributed by atoms with E-state index in [-0.39, 0.29) is 18.5 Å². The van der Waals surface area contributed by atoms with Gasteiger partial charge in [0.25, 0.3) is 5.69 Å². The largest absolute Gasteiger partial charge is 0.454 e. The maximum atomic E-state index is 11.0. The van der Waals surface area contributed by atoms with Crippen molar-refractivity contribution in [2.24, 2.45) is 0 Å². The number of pyridine rings is 1. The molecule has 134 valence electrons. The number of aromatic nitrogens is 1.